The maximum absolute atomic E-state index is 14.2. The number of anilines is 1. The van der Waals surface area contributed by atoms with Crippen LogP contribution >= 0.6 is 11.6 Å². The van der Waals surface area contributed by atoms with Crippen LogP contribution in [0.3, 0.4) is 0 Å². The molecule has 0 radical (unpaired) electrons. The van der Waals surface area contributed by atoms with Crippen LogP contribution < -0.4 is 10.2 Å². The van der Waals surface area contributed by atoms with Crippen molar-refractivity contribution in [2.45, 2.75) is 20.4 Å². The van der Waals surface area contributed by atoms with Crippen molar-refractivity contribution < 1.29 is 4.39 Å². The fraction of sp³-hybridized carbons (Fsp3) is 0.280. The minimum Gasteiger partial charge on any atom is -0.340 e. The summed E-state index contributed by atoms with van der Waals surface area (Å²) in [4.78, 5) is 11.6. The van der Waals surface area contributed by atoms with Gasteiger partial charge in [-0.05, 0) is 60.4 Å². The van der Waals surface area contributed by atoms with E-state index in [0.717, 1.165) is 59.9 Å². The molecule has 1 saturated heterocycles. The van der Waals surface area contributed by atoms with Crippen LogP contribution in [0.25, 0.3) is 22.2 Å². The molecule has 7 heteroatoms. The molecule has 32 heavy (non-hydrogen) atoms. The third kappa shape index (κ3) is 3.85. The Hall–Kier alpha value is -2.96. The molecule has 2 aromatic carbocycles. The molecule has 0 amide bonds. The molecule has 1 fully saturated rings. The zero-order chi connectivity index (χ0) is 22.2. The molecule has 5 rings (SSSR count). The maximum atomic E-state index is 14.2. The van der Waals surface area contributed by atoms with Crippen LogP contribution in [0, 0.1) is 19.7 Å². The van der Waals surface area contributed by atoms with Crippen molar-refractivity contribution in [2.75, 3.05) is 31.1 Å². The molecule has 0 aliphatic carbocycles. The molecular weight excluding hydrogens is 425 g/mol. The SMILES string of the molecule is Cc1cc(Cn2c(N3CCNCC3)nc3c(-c4ccncc4)cc(Cl)cc32)cc(C)c1F. The van der Waals surface area contributed by atoms with E-state index in [4.69, 9.17) is 16.6 Å². The van der Waals surface area contributed by atoms with Gasteiger partial charge in [0.2, 0.25) is 5.95 Å². The summed E-state index contributed by atoms with van der Waals surface area (Å²) in [7, 11) is 0. The van der Waals surface area contributed by atoms with Gasteiger partial charge in [-0.25, -0.2) is 9.37 Å². The number of rotatable bonds is 4. The van der Waals surface area contributed by atoms with E-state index in [1.54, 1.807) is 12.4 Å². The first-order chi connectivity index (χ1) is 15.5. The summed E-state index contributed by atoms with van der Waals surface area (Å²) in [6.45, 7) is 7.80. The first-order valence-corrected chi connectivity index (χ1v) is 11.2. The number of benzene rings is 2. The summed E-state index contributed by atoms with van der Waals surface area (Å²) in [5.74, 6) is 0.772. The standard InChI is InChI=1S/C25H25ClFN5/c1-16-11-18(12-17(2)23(16)27)15-32-22-14-20(26)13-21(19-3-5-28-6-4-19)24(22)30-25(32)31-9-7-29-8-10-31/h3-6,11-14,29H,7-10,15H2,1-2H3. The highest BCUT2D eigenvalue weighted by Gasteiger charge is 2.22. The largest absolute Gasteiger partial charge is 0.340 e. The quantitative estimate of drug-likeness (QED) is 0.478. The van der Waals surface area contributed by atoms with E-state index in [1.165, 1.54) is 0 Å². The summed E-state index contributed by atoms with van der Waals surface area (Å²) in [6.07, 6.45) is 3.56. The van der Waals surface area contributed by atoms with Crippen LogP contribution in [-0.4, -0.2) is 40.7 Å². The second-order valence-electron chi connectivity index (χ2n) is 8.34. The van der Waals surface area contributed by atoms with E-state index in [0.29, 0.717) is 22.7 Å². The summed E-state index contributed by atoms with van der Waals surface area (Å²) in [5, 5.41) is 4.06. The number of halogens is 2. The number of nitrogens with one attached hydrogen (secondary N) is 1. The minimum absolute atomic E-state index is 0.144. The van der Waals surface area contributed by atoms with Crippen molar-refractivity contribution in [3.8, 4) is 11.1 Å². The number of aryl methyl sites for hydroxylation is 2. The maximum Gasteiger partial charge on any atom is 0.206 e. The Morgan fingerprint density at radius 2 is 1.72 bits per heavy atom. The summed E-state index contributed by atoms with van der Waals surface area (Å²) in [6, 6.07) is 11.7. The Balaban J connectivity index is 1.71. The van der Waals surface area contributed by atoms with Crippen molar-refractivity contribution in [3.63, 3.8) is 0 Å². The van der Waals surface area contributed by atoms with Crippen LogP contribution in [0.15, 0.2) is 48.8 Å². The normalized spacial score (nSPS) is 14.3. The summed E-state index contributed by atoms with van der Waals surface area (Å²) < 4.78 is 16.5. The number of nitrogens with zero attached hydrogens (tertiary/aromatic N) is 4. The van der Waals surface area contributed by atoms with Gasteiger partial charge < -0.3 is 14.8 Å². The summed E-state index contributed by atoms with van der Waals surface area (Å²) >= 11 is 6.59. The first kappa shape index (κ1) is 20.9. The highest BCUT2D eigenvalue weighted by Crippen LogP contribution is 2.35. The molecule has 1 aliphatic rings. The van der Waals surface area contributed by atoms with E-state index in [-0.39, 0.29) is 5.82 Å². The van der Waals surface area contributed by atoms with Crippen LogP contribution in [0.5, 0.6) is 0 Å². The highest BCUT2D eigenvalue weighted by molar-refractivity contribution is 6.31. The smallest absolute Gasteiger partial charge is 0.206 e. The van der Waals surface area contributed by atoms with E-state index >= 15 is 0 Å². The molecule has 1 aliphatic heterocycles. The van der Waals surface area contributed by atoms with Gasteiger partial charge in [0.05, 0.1) is 17.6 Å². The zero-order valence-electron chi connectivity index (χ0n) is 18.2. The second kappa shape index (κ2) is 8.52. The first-order valence-electron chi connectivity index (χ1n) is 10.8. The molecule has 0 atom stereocenters. The lowest BCUT2D eigenvalue weighted by Crippen LogP contribution is -2.44. The Labute approximate surface area is 191 Å². The number of fused-ring (bicyclic) bond motifs is 1. The third-order valence-corrected chi connectivity index (χ3v) is 6.24. The van der Waals surface area contributed by atoms with Crippen molar-refractivity contribution in [1.82, 2.24) is 19.9 Å². The molecule has 0 saturated carbocycles. The van der Waals surface area contributed by atoms with Gasteiger partial charge >= 0.3 is 0 Å². The molecule has 3 heterocycles. The molecule has 4 aromatic rings. The minimum atomic E-state index is -0.144. The zero-order valence-corrected chi connectivity index (χ0v) is 19.0. The van der Waals surface area contributed by atoms with Gasteiger partial charge in [-0.15, -0.1) is 0 Å². The average Bonchev–Trinajstić information content (AvgIpc) is 3.16. The van der Waals surface area contributed by atoms with Gasteiger partial charge in [-0.1, -0.05) is 23.7 Å². The lowest BCUT2D eigenvalue weighted by Gasteiger charge is -2.29. The van der Waals surface area contributed by atoms with Crippen LogP contribution in [-0.2, 0) is 6.54 Å². The number of hydrogen-bond donors (Lipinski definition) is 1. The molecular formula is C25H25ClFN5. The van der Waals surface area contributed by atoms with Crippen molar-refractivity contribution in [1.29, 1.82) is 0 Å². The van der Waals surface area contributed by atoms with E-state index < -0.39 is 0 Å². The Morgan fingerprint density at radius 1 is 1.03 bits per heavy atom. The average molecular weight is 450 g/mol. The molecule has 0 spiro atoms. The Morgan fingerprint density at radius 3 is 2.41 bits per heavy atom. The van der Waals surface area contributed by atoms with E-state index in [2.05, 4.69) is 19.8 Å². The van der Waals surface area contributed by atoms with E-state index in [9.17, 15) is 4.39 Å². The molecule has 1 N–H and O–H groups in total. The molecule has 164 valence electrons. The molecule has 0 unspecified atom stereocenters. The molecule has 5 nitrogen and oxygen atoms in total. The van der Waals surface area contributed by atoms with Gasteiger partial charge in [0, 0.05) is 49.2 Å². The third-order valence-electron chi connectivity index (χ3n) is 6.03. The number of pyridine rings is 1. The van der Waals surface area contributed by atoms with Crippen LogP contribution in [0.2, 0.25) is 5.02 Å². The van der Waals surface area contributed by atoms with Gasteiger partial charge in [0.15, 0.2) is 0 Å². The van der Waals surface area contributed by atoms with Gasteiger partial charge in [0.25, 0.3) is 0 Å². The molecule has 0 bridgehead atoms. The van der Waals surface area contributed by atoms with Crippen molar-refractivity contribution >= 4 is 28.6 Å². The van der Waals surface area contributed by atoms with Gasteiger partial charge in [-0.3, -0.25) is 4.98 Å². The fourth-order valence-electron chi connectivity index (χ4n) is 4.50. The van der Waals surface area contributed by atoms with Crippen LogP contribution in [0.1, 0.15) is 16.7 Å². The second-order valence-corrected chi connectivity index (χ2v) is 8.77. The molecule has 2 aromatic heterocycles. The lowest BCUT2D eigenvalue weighted by molar-refractivity contribution is 0.571. The van der Waals surface area contributed by atoms with Crippen LogP contribution in [0.4, 0.5) is 10.3 Å². The Kier molecular flexibility index (Phi) is 5.57. The number of aromatic nitrogens is 3. The van der Waals surface area contributed by atoms with Crippen molar-refractivity contribution in [2.24, 2.45) is 0 Å². The monoisotopic (exact) mass is 449 g/mol. The van der Waals surface area contributed by atoms with E-state index in [1.807, 2.05) is 50.2 Å². The lowest BCUT2D eigenvalue weighted by atomic mass is 10.0. The summed E-state index contributed by atoms with van der Waals surface area (Å²) in [5.41, 5.74) is 6.24. The number of hydrogen-bond acceptors (Lipinski definition) is 4. The number of piperazine rings is 1. The Bertz CT molecular complexity index is 1260. The number of imidazole rings is 1. The fourth-order valence-corrected chi connectivity index (χ4v) is 4.71. The highest BCUT2D eigenvalue weighted by atomic mass is 35.5. The van der Waals surface area contributed by atoms with Gasteiger partial charge in [0.1, 0.15) is 5.82 Å². The topological polar surface area (TPSA) is 46.0 Å². The predicted molar refractivity (Wildman–Crippen MR) is 128 cm³/mol. The predicted octanol–water partition coefficient (Wildman–Crippen LogP) is 4.97. The van der Waals surface area contributed by atoms with Gasteiger partial charge in [-0.2, -0.15) is 0 Å². The van der Waals surface area contributed by atoms with Crippen molar-refractivity contribution in [3.05, 3.63) is 76.3 Å².